The van der Waals surface area contributed by atoms with Gasteiger partial charge in [-0.1, -0.05) is 0 Å². The van der Waals surface area contributed by atoms with Crippen LogP contribution in [0.2, 0.25) is 0 Å². The summed E-state index contributed by atoms with van der Waals surface area (Å²) in [4.78, 5) is 29.5. The van der Waals surface area contributed by atoms with Gasteiger partial charge in [-0.2, -0.15) is 20.2 Å². The Bertz CT molecular complexity index is 446. The van der Waals surface area contributed by atoms with Gasteiger partial charge in [-0.25, -0.2) is 10.2 Å². The molecule has 0 radical (unpaired) electrons. The standard InChI is InChI=1S/C7H6N6O4/c14-4(16-6-8-2-10-12-6)1-5(15)17-7-9-3-11-13-7/h2-3H,1H2,(H,8,10,12)(H,9,11,13). The van der Waals surface area contributed by atoms with Gasteiger partial charge in [0.1, 0.15) is 19.1 Å². The average Bonchev–Trinajstić information content (AvgIpc) is 2.90. The summed E-state index contributed by atoms with van der Waals surface area (Å²) >= 11 is 0. The molecule has 0 saturated carbocycles. The van der Waals surface area contributed by atoms with E-state index in [2.05, 4.69) is 39.8 Å². The zero-order chi connectivity index (χ0) is 12.1. The van der Waals surface area contributed by atoms with Crippen LogP contribution in [0.1, 0.15) is 6.42 Å². The van der Waals surface area contributed by atoms with Gasteiger partial charge in [0.25, 0.3) is 0 Å². The fourth-order valence-corrected chi connectivity index (χ4v) is 0.893. The number of hydrogen-bond donors (Lipinski definition) is 2. The van der Waals surface area contributed by atoms with Gasteiger partial charge in [-0.05, 0) is 0 Å². The van der Waals surface area contributed by atoms with E-state index in [1.54, 1.807) is 0 Å². The third-order valence-corrected chi connectivity index (χ3v) is 1.50. The first kappa shape index (κ1) is 10.7. The van der Waals surface area contributed by atoms with E-state index < -0.39 is 18.4 Å². The zero-order valence-electron chi connectivity index (χ0n) is 8.28. The average molecular weight is 238 g/mol. The Labute approximate surface area is 93.4 Å². The summed E-state index contributed by atoms with van der Waals surface area (Å²) in [5.74, 6) is -1.66. The molecule has 0 aliphatic heterocycles. The lowest BCUT2D eigenvalue weighted by Gasteiger charge is -1.99. The Kier molecular flexibility index (Phi) is 3.05. The molecule has 0 bridgehead atoms. The molecule has 0 fully saturated rings. The van der Waals surface area contributed by atoms with Crippen LogP contribution in [0.15, 0.2) is 12.7 Å². The molecule has 17 heavy (non-hydrogen) atoms. The molecule has 0 aliphatic rings. The summed E-state index contributed by atoms with van der Waals surface area (Å²) in [6.07, 6.45) is 1.74. The number of aromatic nitrogens is 6. The number of carbonyl (C=O) groups excluding carboxylic acids is 2. The van der Waals surface area contributed by atoms with Crippen molar-refractivity contribution in [1.29, 1.82) is 0 Å². The molecule has 10 nitrogen and oxygen atoms in total. The minimum atomic E-state index is -0.828. The minimum absolute atomic E-state index is 0.0949. The molecule has 0 unspecified atom stereocenters. The van der Waals surface area contributed by atoms with Gasteiger partial charge in [0.05, 0.1) is 0 Å². The SMILES string of the molecule is O=C(CC(=O)Oc1ncn[nH]1)Oc1ncn[nH]1. The van der Waals surface area contributed by atoms with Crippen molar-refractivity contribution in [1.82, 2.24) is 30.4 Å². The summed E-state index contributed by atoms with van der Waals surface area (Å²) < 4.78 is 9.26. The second-order valence-electron chi connectivity index (χ2n) is 2.71. The van der Waals surface area contributed by atoms with Crippen LogP contribution in [-0.4, -0.2) is 42.3 Å². The number of rotatable bonds is 4. The Morgan fingerprint density at radius 1 is 1.00 bits per heavy atom. The highest BCUT2D eigenvalue weighted by atomic mass is 16.6. The zero-order valence-corrected chi connectivity index (χ0v) is 8.28. The normalized spacial score (nSPS) is 9.88. The predicted molar refractivity (Wildman–Crippen MR) is 48.7 cm³/mol. The minimum Gasteiger partial charge on any atom is -0.391 e. The molecular weight excluding hydrogens is 232 g/mol. The molecule has 2 rings (SSSR count). The van der Waals surface area contributed by atoms with E-state index in [0.29, 0.717) is 0 Å². The van der Waals surface area contributed by atoms with E-state index in [4.69, 9.17) is 0 Å². The first-order valence-corrected chi connectivity index (χ1v) is 4.36. The number of aromatic amines is 2. The van der Waals surface area contributed by atoms with Gasteiger partial charge in [-0.3, -0.25) is 9.59 Å². The van der Waals surface area contributed by atoms with E-state index in [1.807, 2.05) is 0 Å². The van der Waals surface area contributed by atoms with Crippen molar-refractivity contribution in [3.8, 4) is 12.0 Å². The lowest BCUT2D eigenvalue weighted by atomic mass is 10.4. The number of H-pyrrole nitrogens is 2. The van der Waals surface area contributed by atoms with Crippen LogP contribution >= 0.6 is 0 Å². The Morgan fingerprint density at radius 2 is 1.47 bits per heavy atom. The van der Waals surface area contributed by atoms with Crippen LogP contribution in [0.25, 0.3) is 0 Å². The van der Waals surface area contributed by atoms with Crippen LogP contribution in [-0.2, 0) is 9.59 Å². The summed E-state index contributed by atoms with van der Waals surface area (Å²) in [7, 11) is 0. The Balaban J connectivity index is 1.80. The monoisotopic (exact) mass is 238 g/mol. The van der Waals surface area contributed by atoms with Crippen LogP contribution < -0.4 is 9.47 Å². The van der Waals surface area contributed by atoms with E-state index in [0.717, 1.165) is 12.7 Å². The molecule has 2 aromatic heterocycles. The first-order valence-electron chi connectivity index (χ1n) is 4.36. The van der Waals surface area contributed by atoms with Crippen LogP contribution in [0.4, 0.5) is 0 Å². The van der Waals surface area contributed by atoms with Crippen molar-refractivity contribution in [2.24, 2.45) is 0 Å². The highest BCUT2D eigenvalue weighted by Crippen LogP contribution is 2.01. The molecule has 0 atom stereocenters. The van der Waals surface area contributed by atoms with Gasteiger partial charge in [0.2, 0.25) is 0 Å². The maximum Gasteiger partial charge on any atom is 0.324 e. The van der Waals surface area contributed by atoms with E-state index in [9.17, 15) is 9.59 Å². The summed E-state index contributed by atoms with van der Waals surface area (Å²) in [6, 6.07) is -0.190. The van der Waals surface area contributed by atoms with E-state index in [1.165, 1.54) is 0 Å². The third-order valence-electron chi connectivity index (χ3n) is 1.50. The quantitative estimate of drug-likeness (QED) is 0.502. The number of hydrogen-bond acceptors (Lipinski definition) is 8. The Hall–Kier alpha value is -2.78. The van der Waals surface area contributed by atoms with Crippen LogP contribution in [0, 0.1) is 0 Å². The molecule has 10 heteroatoms. The highest BCUT2D eigenvalue weighted by molar-refractivity contribution is 5.92. The number of esters is 2. The lowest BCUT2D eigenvalue weighted by molar-refractivity contribution is -0.144. The van der Waals surface area contributed by atoms with E-state index in [-0.39, 0.29) is 12.0 Å². The third kappa shape index (κ3) is 3.09. The van der Waals surface area contributed by atoms with Crippen LogP contribution in [0.3, 0.4) is 0 Å². The van der Waals surface area contributed by atoms with Crippen molar-refractivity contribution in [3.63, 3.8) is 0 Å². The fourth-order valence-electron chi connectivity index (χ4n) is 0.893. The smallest absolute Gasteiger partial charge is 0.324 e. The van der Waals surface area contributed by atoms with Crippen LogP contribution in [0.5, 0.6) is 12.0 Å². The highest BCUT2D eigenvalue weighted by Gasteiger charge is 2.15. The van der Waals surface area contributed by atoms with Gasteiger partial charge in [0, 0.05) is 0 Å². The van der Waals surface area contributed by atoms with Gasteiger partial charge in [-0.15, -0.1) is 0 Å². The number of nitrogens with zero attached hydrogens (tertiary/aromatic N) is 4. The summed E-state index contributed by atoms with van der Waals surface area (Å²) in [5.41, 5.74) is 0. The molecule has 0 saturated heterocycles. The molecule has 88 valence electrons. The van der Waals surface area contributed by atoms with Crippen molar-refractivity contribution >= 4 is 11.9 Å². The molecule has 0 aromatic carbocycles. The summed E-state index contributed by atoms with van der Waals surface area (Å²) in [6.45, 7) is 0. The maximum atomic E-state index is 11.2. The first-order chi connectivity index (χ1) is 8.24. The fraction of sp³-hybridized carbons (Fsp3) is 0.143. The van der Waals surface area contributed by atoms with Gasteiger partial charge < -0.3 is 9.47 Å². The van der Waals surface area contributed by atoms with Crippen molar-refractivity contribution in [2.45, 2.75) is 6.42 Å². The molecular formula is C7H6N6O4. The topological polar surface area (TPSA) is 136 Å². The lowest BCUT2D eigenvalue weighted by Crippen LogP contribution is -2.19. The predicted octanol–water partition coefficient (Wildman–Crippen LogP) is -1.18. The maximum absolute atomic E-state index is 11.2. The molecule has 0 amide bonds. The molecule has 0 spiro atoms. The van der Waals surface area contributed by atoms with Crippen molar-refractivity contribution in [2.75, 3.05) is 0 Å². The van der Waals surface area contributed by atoms with Crippen molar-refractivity contribution in [3.05, 3.63) is 12.7 Å². The second kappa shape index (κ2) is 4.83. The van der Waals surface area contributed by atoms with Crippen molar-refractivity contribution < 1.29 is 19.1 Å². The Morgan fingerprint density at radius 3 is 1.82 bits per heavy atom. The van der Waals surface area contributed by atoms with Gasteiger partial charge in [0.15, 0.2) is 0 Å². The molecule has 2 N–H and O–H groups in total. The second-order valence-corrected chi connectivity index (χ2v) is 2.71. The van der Waals surface area contributed by atoms with E-state index >= 15 is 0 Å². The largest absolute Gasteiger partial charge is 0.391 e. The number of ether oxygens (including phenoxy) is 2. The molecule has 0 aliphatic carbocycles. The number of carbonyl (C=O) groups is 2. The van der Waals surface area contributed by atoms with Gasteiger partial charge >= 0.3 is 24.0 Å². The molecule has 2 heterocycles. The summed E-state index contributed by atoms with van der Waals surface area (Å²) in [5, 5.41) is 11.5. The number of nitrogens with one attached hydrogen (secondary N) is 2. The molecule has 2 aromatic rings.